The van der Waals surface area contributed by atoms with Crippen molar-refractivity contribution in [1.82, 2.24) is 19.8 Å². The smallest absolute Gasteiger partial charge is 0.404 e. The third-order valence-corrected chi connectivity index (χ3v) is 8.55. The number of anilines is 1. The van der Waals surface area contributed by atoms with Crippen LogP contribution in [0.1, 0.15) is 55.8 Å². The molecule has 3 N–H and O–H groups in total. The highest BCUT2D eigenvalue weighted by Gasteiger charge is 2.30. The number of carboxylic acid groups (broad SMARTS) is 1. The first-order chi connectivity index (χ1) is 20.4. The Morgan fingerprint density at radius 3 is 2.57 bits per heavy atom. The summed E-state index contributed by atoms with van der Waals surface area (Å²) in [4.78, 5) is 34.3. The molecular weight excluding hydrogens is 534 g/mol. The summed E-state index contributed by atoms with van der Waals surface area (Å²) in [7, 11) is 1.71. The number of carbonyl (C=O) groups excluding carboxylic acids is 1. The molecule has 2 aliphatic heterocycles. The zero-order valence-corrected chi connectivity index (χ0v) is 24.5. The summed E-state index contributed by atoms with van der Waals surface area (Å²) in [5.41, 5.74) is 4.13. The Morgan fingerprint density at radius 2 is 1.83 bits per heavy atom. The number of benzene rings is 2. The molecule has 226 valence electrons. The Balaban J connectivity index is 1.24. The van der Waals surface area contributed by atoms with E-state index in [0.717, 1.165) is 79.8 Å². The number of aliphatic hydroxyl groups is 1. The number of nitrogens with zero attached hydrogens (tertiary/aromatic N) is 4. The summed E-state index contributed by atoms with van der Waals surface area (Å²) < 4.78 is 7.56. The summed E-state index contributed by atoms with van der Waals surface area (Å²) in [6.45, 7) is 4.35. The average molecular weight is 578 g/mol. The van der Waals surface area contributed by atoms with Gasteiger partial charge in [-0.2, -0.15) is 0 Å². The fraction of sp³-hybridized carbons (Fsp3) is 0.531. The van der Waals surface area contributed by atoms with E-state index in [1.807, 2.05) is 47.4 Å². The van der Waals surface area contributed by atoms with Crippen LogP contribution in [0.15, 0.2) is 48.5 Å². The Hall–Kier alpha value is -3.63. The van der Waals surface area contributed by atoms with Crippen molar-refractivity contribution in [3.63, 3.8) is 0 Å². The number of methoxy groups -OCH3 is 1. The van der Waals surface area contributed by atoms with Crippen molar-refractivity contribution in [2.24, 2.45) is 0 Å². The van der Waals surface area contributed by atoms with Gasteiger partial charge in [-0.1, -0.05) is 24.3 Å². The van der Waals surface area contributed by atoms with E-state index >= 15 is 0 Å². The number of para-hydroxylation sites is 2. The molecule has 42 heavy (non-hydrogen) atoms. The fourth-order valence-corrected chi connectivity index (χ4v) is 6.36. The van der Waals surface area contributed by atoms with Crippen molar-refractivity contribution in [1.29, 1.82) is 0 Å². The first kappa shape index (κ1) is 29.8. The third-order valence-electron chi connectivity index (χ3n) is 8.55. The number of hydrogen-bond acceptors (Lipinski definition) is 6. The minimum atomic E-state index is -1.13. The molecule has 2 aromatic carbocycles. The molecule has 0 radical (unpaired) electrons. The number of likely N-dealkylation sites (tertiary alicyclic amines) is 1. The summed E-state index contributed by atoms with van der Waals surface area (Å²) in [6, 6.07) is 15.7. The van der Waals surface area contributed by atoms with Gasteiger partial charge in [-0.25, -0.2) is 9.78 Å². The maximum atomic E-state index is 13.5. The molecule has 0 bridgehead atoms. The van der Waals surface area contributed by atoms with Crippen LogP contribution in [0.2, 0.25) is 0 Å². The third kappa shape index (κ3) is 7.41. The van der Waals surface area contributed by atoms with Gasteiger partial charge in [0.25, 0.3) is 0 Å². The molecular formula is C32H43N5O5. The van der Waals surface area contributed by atoms with Crippen LogP contribution in [0.4, 0.5) is 10.5 Å². The van der Waals surface area contributed by atoms with E-state index in [4.69, 9.17) is 9.72 Å². The number of amides is 2. The second kappa shape index (κ2) is 14.0. The number of aliphatic hydroxyl groups excluding tert-OH is 1. The van der Waals surface area contributed by atoms with Crippen LogP contribution >= 0.6 is 0 Å². The summed E-state index contributed by atoms with van der Waals surface area (Å²) in [5, 5.41) is 21.9. The largest absolute Gasteiger partial charge is 0.465 e. The molecule has 2 fully saturated rings. The molecule has 5 rings (SSSR count). The van der Waals surface area contributed by atoms with Gasteiger partial charge < -0.3 is 34.6 Å². The highest BCUT2D eigenvalue weighted by atomic mass is 16.5. The fourth-order valence-electron chi connectivity index (χ4n) is 6.36. The maximum absolute atomic E-state index is 13.5. The number of aromatic nitrogens is 2. The molecule has 3 heterocycles. The molecule has 2 aliphatic rings. The van der Waals surface area contributed by atoms with Crippen LogP contribution < -0.4 is 10.2 Å². The molecule has 0 aliphatic carbocycles. The van der Waals surface area contributed by atoms with Crippen LogP contribution in [0.3, 0.4) is 0 Å². The van der Waals surface area contributed by atoms with Crippen LogP contribution in [0, 0.1) is 0 Å². The second-order valence-electron chi connectivity index (χ2n) is 11.6. The van der Waals surface area contributed by atoms with Gasteiger partial charge in [-0.05, 0) is 68.4 Å². The van der Waals surface area contributed by atoms with E-state index in [2.05, 4.69) is 20.9 Å². The number of carbonyl (C=O) groups is 2. The van der Waals surface area contributed by atoms with Gasteiger partial charge in [0.15, 0.2) is 0 Å². The van der Waals surface area contributed by atoms with E-state index in [1.54, 1.807) is 7.11 Å². The molecule has 0 saturated carbocycles. The number of fused-ring (bicyclic) bond motifs is 1. The van der Waals surface area contributed by atoms with Gasteiger partial charge in [0.05, 0.1) is 17.1 Å². The van der Waals surface area contributed by atoms with Gasteiger partial charge >= 0.3 is 6.09 Å². The minimum absolute atomic E-state index is 0.0380. The predicted octanol–water partition coefficient (Wildman–Crippen LogP) is 4.01. The van der Waals surface area contributed by atoms with Crippen molar-refractivity contribution < 1.29 is 24.5 Å². The molecule has 3 aromatic rings. The zero-order chi connectivity index (χ0) is 29.5. The van der Waals surface area contributed by atoms with Crippen LogP contribution in [-0.2, 0) is 22.5 Å². The molecule has 2 atom stereocenters. The minimum Gasteiger partial charge on any atom is -0.465 e. The lowest BCUT2D eigenvalue weighted by molar-refractivity contribution is -0.132. The van der Waals surface area contributed by atoms with Gasteiger partial charge in [-0.3, -0.25) is 4.79 Å². The lowest BCUT2D eigenvalue weighted by Gasteiger charge is -2.34. The van der Waals surface area contributed by atoms with Crippen LogP contribution in [0.25, 0.3) is 11.0 Å². The van der Waals surface area contributed by atoms with Crippen molar-refractivity contribution in [2.75, 3.05) is 44.8 Å². The molecule has 10 heteroatoms. The number of piperidine rings is 2. The molecule has 0 unspecified atom stereocenters. The van der Waals surface area contributed by atoms with E-state index in [1.165, 1.54) is 0 Å². The summed E-state index contributed by atoms with van der Waals surface area (Å²) in [5.74, 6) is 1.09. The van der Waals surface area contributed by atoms with Crippen LogP contribution in [-0.4, -0.2) is 88.7 Å². The number of aryl methyl sites for hydroxylation is 1. The SMILES string of the molecule is COCCCn1c([C@@H]2CCCN(C(=O)C[C@@H](Cc3ccc(N4CCC(O)CC4)cc3)NC(=O)O)C2)nc2ccccc21. The van der Waals surface area contributed by atoms with Crippen molar-refractivity contribution >= 4 is 28.7 Å². The first-order valence-electron chi connectivity index (χ1n) is 15.1. The molecule has 2 saturated heterocycles. The number of imidazole rings is 1. The predicted molar refractivity (Wildman–Crippen MR) is 162 cm³/mol. The zero-order valence-electron chi connectivity index (χ0n) is 24.5. The van der Waals surface area contributed by atoms with E-state index in [0.29, 0.717) is 26.1 Å². The van der Waals surface area contributed by atoms with E-state index < -0.39 is 12.1 Å². The standard InChI is InChI=1S/C32H43N5O5/c1-42-19-5-16-37-29-8-3-2-7-28(29)34-31(37)24-6-4-15-36(22-24)30(39)21-25(33-32(40)41)20-23-9-11-26(12-10-23)35-17-13-27(38)14-18-35/h2-3,7-12,24-25,27,33,38H,4-6,13-22H2,1H3,(H,40,41)/t24-,25-/m1/s1. The number of hydrogen-bond donors (Lipinski definition) is 3. The summed E-state index contributed by atoms with van der Waals surface area (Å²) in [6.07, 6.45) is 3.43. The molecule has 0 spiro atoms. The maximum Gasteiger partial charge on any atom is 0.404 e. The Bertz CT molecular complexity index is 1330. The second-order valence-corrected chi connectivity index (χ2v) is 11.6. The average Bonchev–Trinajstić information content (AvgIpc) is 3.36. The van der Waals surface area contributed by atoms with Gasteiger partial charge in [0.2, 0.25) is 5.91 Å². The highest BCUT2D eigenvalue weighted by molar-refractivity contribution is 5.78. The van der Waals surface area contributed by atoms with Gasteiger partial charge in [0, 0.05) is 70.5 Å². The van der Waals surface area contributed by atoms with Crippen LogP contribution in [0.5, 0.6) is 0 Å². The highest BCUT2D eigenvalue weighted by Crippen LogP contribution is 2.30. The Morgan fingerprint density at radius 1 is 1.07 bits per heavy atom. The van der Waals surface area contributed by atoms with Crippen molar-refractivity contribution in [2.45, 2.75) is 69.6 Å². The molecule has 10 nitrogen and oxygen atoms in total. The van der Waals surface area contributed by atoms with Gasteiger partial charge in [-0.15, -0.1) is 0 Å². The first-order valence-corrected chi connectivity index (χ1v) is 15.1. The lowest BCUT2D eigenvalue weighted by Crippen LogP contribution is -2.44. The summed E-state index contributed by atoms with van der Waals surface area (Å²) >= 11 is 0. The monoisotopic (exact) mass is 577 g/mol. The Labute approximate surface area is 247 Å². The van der Waals surface area contributed by atoms with Crippen molar-refractivity contribution in [3.05, 3.63) is 59.9 Å². The number of nitrogens with one attached hydrogen (secondary N) is 1. The quantitative estimate of drug-likeness (QED) is 0.295. The van der Waals surface area contributed by atoms with Crippen molar-refractivity contribution in [3.8, 4) is 0 Å². The van der Waals surface area contributed by atoms with E-state index in [9.17, 15) is 19.8 Å². The lowest BCUT2D eigenvalue weighted by atomic mass is 9.95. The Kier molecular flexibility index (Phi) is 9.97. The van der Waals surface area contributed by atoms with E-state index in [-0.39, 0.29) is 24.3 Å². The van der Waals surface area contributed by atoms with Gasteiger partial charge in [0.1, 0.15) is 5.82 Å². The number of ether oxygens (including phenoxy) is 1. The normalized spacial score (nSPS) is 18.8. The topological polar surface area (TPSA) is 120 Å². The number of rotatable bonds is 11. The molecule has 2 amide bonds. The molecule has 1 aromatic heterocycles.